The molecule has 1 rings (SSSR count). The quantitative estimate of drug-likeness (QED) is 0.397. The minimum absolute atomic E-state index is 0.433. The smallest absolute Gasteiger partial charge is 0.385 e. The van der Waals surface area contributed by atoms with Crippen LogP contribution in [0.2, 0.25) is 0 Å². The Morgan fingerprint density at radius 3 is 2.71 bits per heavy atom. The summed E-state index contributed by atoms with van der Waals surface area (Å²) in [5.74, 6) is 2.63. The summed E-state index contributed by atoms with van der Waals surface area (Å²) in [7, 11) is 0. The zero-order valence-corrected chi connectivity index (χ0v) is 10.7. The van der Waals surface area contributed by atoms with Gasteiger partial charge in [0.25, 0.3) is 0 Å². The number of aliphatic hydroxyl groups is 1. The Morgan fingerprint density at radius 2 is 2.06 bits per heavy atom. The Kier molecular flexibility index (Phi) is 4.55. The fourth-order valence-corrected chi connectivity index (χ4v) is 1.51. The van der Waals surface area contributed by atoms with Crippen molar-refractivity contribution in [1.82, 2.24) is 0 Å². The van der Waals surface area contributed by atoms with Crippen molar-refractivity contribution in [3.63, 3.8) is 0 Å². The first-order valence-corrected chi connectivity index (χ1v) is 5.93. The summed E-state index contributed by atoms with van der Waals surface area (Å²) in [5.41, 5.74) is -0.571. The van der Waals surface area contributed by atoms with E-state index in [1.54, 1.807) is 20.8 Å². The Balaban J connectivity index is 2.60. The third-order valence-electron chi connectivity index (χ3n) is 2.26. The van der Waals surface area contributed by atoms with Crippen LogP contribution in [-0.4, -0.2) is 29.1 Å². The van der Waals surface area contributed by atoms with Crippen LogP contribution >= 0.6 is 0 Å². The molecule has 1 aliphatic rings. The highest BCUT2D eigenvalue weighted by Gasteiger charge is 2.27. The lowest BCUT2D eigenvalue weighted by atomic mass is 10.1. The highest BCUT2D eigenvalue weighted by Crippen LogP contribution is 2.20. The standard InChI is InChI=1S/C13H20O4/c1-12(2,3)17-11(14)7-9-13(15)8-5-4-6-10-16-13/h15H,4-6,8,10H2,1-3H3. The molecule has 1 heterocycles. The van der Waals surface area contributed by atoms with E-state index in [0.717, 1.165) is 19.3 Å². The molecule has 0 aliphatic carbocycles. The maximum absolute atomic E-state index is 11.4. The Bertz CT molecular complexity index is 322. The van der Waals surface area contributed by atoms with Gasteiger partial charge in [0.05, 0.1) is 6.61 Å². The molecule has 1 saturated heterocycles. The van der Waals surface area contributed by atoms with Crippen molar-refractivity contribution in [2.24, 2.45) is 0 Å². The minimum atomic E-state index is -1.49. The van der Waals surface area contributed by atoms with E-state index in [9.17, 15) is 9.90 Å². The van der Waals surface area contributed by atoms with Crippen molar-refractivity contribution in [3.05, 3.63) is 0 Å². The van der Waals surface area contributed by atoms with Crippen molar-refractivity contribution in [1.29, 1.82) is 0 Å². The Hall–Kier alpha value is -1.05. The van der Waals surface area contributed by atoms with Crippen LogP contribution in [0.5, 0.6) is 0 Å². The van der Waals surface area contributed by atoms with E-state index in [4.69, 9.17) is 9.47 Å². The number of carbonyl (C=O) groups excluding carboxylic acids is 1. The predicted octanol–water partition coefficient (Wildman–Crippen LogP) is 1.61. The van der Waals surface area contributed by atoms with Crippen LogP contribution in [0.4, 0.5) is 0 Å². The molecular weight excluding hydrogens is 220 g/mol. The topological polar surface area (TPSA) is 55.8 Å². The Labute approximate surface area is 102 Å². The van der Waals surface area contributed by atoms with Crippen LogP contribution in [-0.2, 0) is 14.3 Å². The second kappa shape index (κ2) is 5.52. The highest BCUT2D eigenvalue weighted by atomic mass is 16.6. The second-order valence-corrected chi connectivity index (χ2v) is 5.20. The molecule has 0 aromatic heterocycles. The van der Waals surface area contributed by atoms with Gasteiger partial charge in [-0.25, -0.2) is 4.79 Å². The number of hydrogen-bond donors (Lipinski definition) is 1. The number of ether oxygens (including phenoxy) is 2. The summed E-state index contributed by atoms with van der Waals surface area (Å²) in [4.78, 5) is 11.4. The maximum Gasteiger partial charge on any atom is 0.385 e. The fourth-order valence-electron chi connectivity index (χ4n) is 1.51. The lowest BCUT2D eigenvalue weighted by molar-refractivity contribution is -0.158. The van der Waals surface area contributed by atoms with E-state index < -0.39 is 17.4 Å². The van der Waals surface area contributed by atoms with Gasteiger partial charge < -0.3 is 14.6 Å². The van der Waals surface area contributed by atoms with Gasteiger partial charge in [-0.2, -0.15) is 0 Å². The summed E-state index contributed by atoms with van der Waals surface area (Å²) in [6.07, 6.45) is 3.20. The third-order valence-corrected chi connectivity index (χ3v) is 2.26. The molecule has 1 aliphatic heterocycles. The van der Waals surface area contributed by atoms with Gasteiger partial charge in [-0.15, -0.1) is 0 Å². The van der Waals surface area contributed by atoms with Crippen LogP contribution in [0.15, 0.2) is 0 Å². The Morgan fingerprint density at radius 1 is 1.35 bits per heavy atom. The van der Waals surface area contributed by atoms with E-state index >= 15 is 0 Å². The van der Waals surface area contributed by atoms with Crippen LogP contribution < -0.4 is 0 Å². The highest BCUT2D eigenvalue weighted by molar-refractivity contribution is 5.88. The fraction of sp³-hybridized carbons (Fsp3) is 0.769. The molecule has 17 heavy (non-hydrogen) atoms. The van der Waals surface area contributed by atoms with Crippen molar-refractivity contribution < 1.29 is 19.4 Å². The third kappa shape index (κ3) is 5.71. The van der Waals surface area contributed by atoms with E-state index in [2.05, 4.69) is 11.8 Å². The van der Waals surface area contributed by atoms with Crippen molar-refractivity contribution in [3.8, 4) is 11.8 Å². The van der Waals surface area contributed by atoms with E-state index in [1.165, 1.54) is 0 Å². The molecule has 0 aromatic rings. The van der Waals surface area contributed by atoms with Crippen molar-refractivity contribution in [2.45, 2.75) is 57.8 Å². The summed E-state index contributed by atoms with van der Waals surface area (Å²) in [6.45, 7) is 5.77. The van der Waals surface area contributed by atoms with Gasteiger partial charge >= 0.3 is 5.97 Å². The number of rotatable bonds is 0. The van der Waals surface area contributed by atoms with Crippen LogP contribution in [0.3, 0.4) is 0 Å². The van der Waals surface area contributed by atoms with Crippen LogP contribution in [0, 0.1) is 11.8 Å². The van der Waals surface area contributed by atoms with Gasteiger partial charge in [0.2, 0.25) is 5.79 Å². The second-order valence-electron chi connectivity index (χ2n) is 5.20. The van der Waals surface area contributed by atoms with Gasteiger partial charge in [0.15, 0.2) is 0 Å². The first-order chi connectivity index (χ1) is 7.81. The van der Waals surface area contributed by atoms with E-state index in [0.29, 0.717) is 13.0 Å². The normalized spacial score (nSPS) is 25.4. The molecule has 0 amide bonds. The molecule has 0 aromatic carbocycles. The maximum atomic E-state index is 11.4. The molecule has 1 atom stereocenters. The van der Waals surface area contributed by atoms with E-state index in [-0.39, 0.29) is 0 Å². The number of carbonyl (C=O) groups is 1. The van der Waals surface area contributed by atoms with Gasteiger partial charge in [-0.3, -0.25) is 0 Å². The molecule has 0 saturated carbocycles. The largest absolute Gasteiger partial charge is 0.450 e. The molecule has 96 valence electrons. The van der Waals surface area contributed by atoms with Gasteiger partial charge in [0, 0.05) is 12.3 Å². The molecular formula is C13H20O4. The van der Waals surface area contributed by atoms with Crippen LogP contribution in [0.25, 0.3) is 0 Å². The van der Waals surface area contributed by atoms with Gasteiger partial charge in [-0.05, 0) is 39.5 Å². The monoisotopic (exact) mass is 240 g/mol. The average molecular weight is 240 g/mol. The molecule has 4 heteroatoms. The lowest BCUT2D eigenvalue weighted by Gasteiger charge is -2.20. The van der Waals surface area contributed by atoms with E-state index in [1.807, 2.05) is 0 Å². The zero-order chi connectivity index (χ0) is 12.9. The molecule has 0 bridgehead atoms. The minimum Gasteiger partial charge on any atom is -0.450 e. The molecule has 1 N–H and O–H groups in total. The molecule has 1 unspecified atom stereocenters. The lowest BCUT2D eigenvalue weighted by Crippen LogP contribution is -2.30. The number of hydrogen-bond acceptors (Lipinski definition) is 4. The zero-order valence-electron chi connectivity index (χ0n) is 10.7. The number of esters is 1. The first-order valence-electron chi connectivity index (χ1n) is 5.93. The summed E-state index contributed by atoms with van der Waals surface area (Å²) >= 11 is 0. The summed E-state index contributed by atoms with van der Waals surface area (Å²) in [6, 6.07) is 0. The average Bonchev–Trinajstić information content (AvgIpc) is 2.38. The van der Waals surface area contributed by atoms with Crippen molar-refractivity contribution in [2.75, 3.05) is 6.61 Å². The van der Waals surface area contributed by atoms with Crippen molar-refractivity contribution >= 4 is 5.97 Å². The predicted molar refractivity (Wildman–Crippen MR) is 63.0 cm³/mol. The first kappa shape index (κ1) is 14.0. The SMILES string of the molecule is CC(C)(C)OC(=O)C#CC1(O)CCCCCO1. The van der Waals surface area contributed by atoms with Gasteiger partial charge in [0.1, 0.15) is 5.60 Å². The van der Waals surface area contributed by atoms with Gasteiger partial charge in [-0.1, -0.05) is 6.42 Å². The molecule has 4 nitrogen and oxygen atoms in total. The summed E-state index contributed by atoms with van der Waals surface area (Å²) in [5, 5.41) is 9.99. The molecule has 1 fully saturated rings. The molecule has 0 spiro atoms. The van der Waals surface area contributed by atoms with Crippen LogP contribution in [0.1, 0.15) is 46.5 Å². The molecule has 0 radical (unpaired) electrons. The summed E-state index contributed by atoms with van der Waals surface area (Å²) < 4.78 is 10.3.